The highest BCUT2D eigenvalue weighted by Crippen LogP contribution is 2.07. The number of carbonyl (C=O) groups excluding carboxylic acids is 1. The number of likely N-dealkylation sites (N-methyl/N-ethyl adjacent to an activating group) is 1. The van der Waals surface area contributed by atoms with E-state index in [1.165, 1.54) is 7.11 Å². The fraction of sp³-hybridized carbons (Fsp3) is 0.500. The molecule has 0 aliphatic carbocycles. The molecule has 0 aliphatic rings. The highest BCUT2D eigenvalue weighted by Gasteiger charge is 2.06. The van der Waals surface area contributed by atoms with Gasteiger partial charge in [0.25, 0.3) is 0 Å². The fourth-order valence-electron chi connectivity index (χ4n) is 1.59. The van der Waals surface area contributed by atoms with Gasteiger partial charge in [-0.1, -0.05) is 25.1 Å². The summed E-state index contributed by atoms with van der Waals surface area (Å²) in [6, 6.07) is 9.73. The average Bonchev–Trinajstić information content (AvgIpc) is 2.43. The van der Waals surface area contributed by atoms with E-state index in [2.05, 4.69) is 16.6 Å². The van der Waals surface area contributed by atoms with Crippen LogP contribution in [-0.4, -0.2) is 44.2 Å². The zero-order valence-corrected chi connectivity index (χ0v) is 11.1. The third-order valence-corrected chi connectivity index (χ3v) is 2.73. The Kier molecular flexibility index (Phi) is 6.87. The molecule has 0 spiro atoms. The largest absolute Gasteiger partial charge is 0.492 e. The van der Waals surface area contributed by atoms with Crippen LogP contribution in [0.15, 0.2) is 30.3 Å². The Morgan fingerprint density at radius 1 is 1.22 bits per heavy atom. The van der Waals surface area contributed by atoms with Crippen LogP contribution in [0.5, 0.6) is 5.75 Å². The molecule has 0 N–H and O–H groups in total. The quantitative estimate of drug-likeness (QED) is 0.662. The number of ether oxygens (including phenoxy) is 2. The second-order valence-corrected chi connectivity index (χ2v) is 3.92. The average molecular weight is 251 g/mol. The van der Waals surface area contributed by atoms with Crippen LogP contribution in [0.4, 0.5) is 0 Å². The predicted molar refractivity (Wildman–Crippen MR) is 70.7 cm³/mol. The molecule has 4 heteroatoms. The second-order valence-electron chi connectivity index (χ2n) is 3.92. The van der Waals surface area contributed by atoms with Gasteiger partial charge in [-0.05, 0) is 18.7 Å². The lowest BCUT2D eigenvalue weighted by atomic mass is 10.3. The van der Waals surface area contributed by atoms with Crippen molar-refractivity contribution in [2.75, 3.05) is 33.4 Å². The first-order valence-electron chi connectivity index (χ1n) is 6.23. The standard InChI is InChI=1S/C14H21NO3/c1-3-15(10-9-14(16)17-2)11-12-18-13-7-5-4-6-8-13/h4-8H,3,9-12H2,1-2H3. The van der Waals surface area contributed by atoms with Crippen molar-refractivity contribution in [3.8, 4) is 5.75 Å². The van der Waals surface area contributed by atoms with Crippen LogP contribution in [0.2, 0.25) is 0 Å². The van der Waals surface area contributed by atoms with E-state index in [0.717, 1.165) is 18.8 Å². The summed E-state index contributed by atoms with van der Waals surface area (Å²) < 4.78 is 10.2. The maximum absolute atomic E-state index is 11.0. The number of para-hydroxylation sites is 1. The third kappa shape index (κ3) is 5.68. The van der Waals surface area contributed by atoms with E-state index in [-0.39, 0.29) is 5.97 Å². The van der Waals surface area contributed by atoms with Crippen LogP contribution >= 0.6 is 0 Å². The van der Waals surface area contributed by atoms with Crippen molar-refractivity contribution < 1.29 is 14.3 Å². The van der Waals surface area contributed by atoms with Crippen molar-refractivity contribution in [2.45, 2.75) is 13.3 Å². The minimum absolute atomic E-state index is 0.169. The first-order chi connectivity index (χ1) is 8.76. The molecule has 1 aromatic rings. The molecule has 0 saturated carbocycles. The van der Waals surface area contributed by atoms with Crippen LogP contribution in [0.25, 0.3) is 0 Å². The Hall–Kier alpha value is -1.55. The first-order valence-corrected chi connectivity index (χ1v) is 6.23. The van der Waals surface area contributed by atoms with Crippen molar-refractivity contribution in [3.05, 3.63) is 30.3 Å². The van der Waals surface area contributed by atoms with Gasteiger partial charge in [0, 0.05) is 13.1 Å². The third-order valence-electron chi connectivity index (χ3n) is 2.73. The molecule has 18 heavy (non-hydrogen) atoms. The minimum Gasteiger partial charge on any atom is -0.492 e. The summed E-state index contributed by atoms with van der Waals surface area (Å²) in [5.74, 6) is 0.707. The number of hydrogen-bond donors (Lipinski definition) is 0. The lowest BCUT2D eigenvalue weighted by Gasteiger charge is -2.19. The van der Waals surface area contributed by atoms with Crippen molar-refractivity contribution in [3.63, 3.8) is 0 Å². The van der Waals surface area contributed by atoms with E-state index in [9.17, 15) is 4.79 Å². The molecular formula is C14H21NO3. The van der Waals surface area contributed by atoms with Gasteiger partial charge in [-0.2, -0.15) is 0 Å². The Labute approximate surface area is 108 Å². The number of nitrogens with zero attached hydrogens (tertiary/aromatic N) is 1. The number of esters is 1. The molecule has 0 unspecified atom stereocenters. The Bertz CT molecular complexity index is 340. The summed E-state index contributed by atoms with van der Waals surface area (Å²) >= 11 is 0. The van der Waals surface area contributed by atoms with Crippen molar-refractivity contribution in [1.82, 2.24) is 4.90 Å². The number of rotatable bonds is 8. The molecule has 0 amide bonds. The first kappa shape index (κ1) is 14.5. The molecule has 0 atom stereocenters. The highest BCUT2D eigenvalue weighted by atomic mass is 16.5. The zero-order valence-electron chi connectivity index (χ0n) is 11.1. The minimum atomic E-state index is -0.169. The SMILES string of the molecule is CCN(CCOc1ccccc1)CCC(=O)OC. The number of carbonyl (C=O) groups is 1. The summed E-state index contributed by atoms with van der Waals surface area (Å²) in [5, 5.41) is 0. The molecule has 0 aromatic heterocycles. The van der Waals surface area contributed by atoms with Gasteiger partial charge >= 0.3 is 5.97 Å². The maximum Gasteiger partial charge on any atom is 0.306 e. The second kappa shape index (κ2) is 8.53. The van der Waals surface area contributed by atoms with Crippen molar-refractivity contribution in [1.29, 1.82) is 0 Å². The summed E-state index contributed by atoms with van der Waals surface area (Å²) in [4.78, 5) is 13.2. The van der Waals surface area contributed by atoms with Gasteiger partial charge in [0.1, 0.15) is 12.4 Å². The van der Waals surface area contributed by atoms with E-state index >= 15 is 0 Å². The molecule has 0 aliphatic heterocycles. The zero-order chi connectivity index (χ0) is 13.2. The van der Waals surface area contributed by atoms with Crippen LogP contribution in [0.3, 0.4) is 0 Å². The van der Waals surface area contributed by atoms with Crippen LogP contribution in [-0.2, 0) is 9.53 Å². The van der Waals surface area contributed by atoms with Gasteiger partial charge in [-0.15, -0.1) is 0 Å². The lowest BCUT2D eigenvalue weighted by Crippen LogP contribution is -2.30. The molecule has 1 aromatic carbocycles. The fourth-order valence-corrected chi connectivity index (χ4v) is 1.59. The van der Waals surface area contributed by atoms with Gasteiger partial charge in [0.15, 0.2) is 0 Å². The summed E-state index contributed by atoms with van der Waals surface area (Å²) in [7, 11) is 1.41. The van der Waals surface area contributed by atoms with Gasteiger partial charge in [-0.3, -0.25) is 9.69 Å². The predicted octanol–water partition coefficient (Wildman–Crippen LogP) is 1.95. The van der Waals surface area contributed by atoms with Crippen molar-refractivity contribution in [2.24, 2.45) is 0 Å². The van der Waals surface area contributed by atoms with Gasteiger partial charge in [0.2, 0.25) is 0 Å². The summed E-state index contributed by atoms with van der Waals surface area (Å²) in [6.45, 7) is 5.11. The summed E-state index contributed by atoms with van der Waals surface area (Å²) in [5.41, 5.74) is 0. The molecule has 100 valence electrons. The molecule has 0 radical (unpaired) electrons. The molecule has 0 heterocycles. The van der Waals surface area contributed by atoms with E-state index < -0.39 is 0 Å². The van der Waals surface area contributed by atoms with E-state index in [1.807, 2.05) is 30.3 Å². The highest BCUT2D eigenvalue weighted by molar-refractivity contribution is 5.69. The van der Waals surface area contributed by atoms with Crippen LogP contribution in [0, 0.1) is 0 Å². The number of methoxy groups -OCH3 is 1. The molecular weight excluding hydrogens is 230 g/mol. The lowest BCUT2D eigenvalue weighted by molar-refractivity contribution is -0.141. The van der Waals surface area contributed by atoms with Crippen LogP contribution in [0.1, 0.15) is 13.3 Å². The smallest absolute Gasteiger partial charge is 0.306 e. The normalized spacial score (nSPS) is 10.4. The van der Waals surface area contributed by atoms with E-state index in [1.54, 1.807) is 0 Å². The molecule has 0 fully saturated rings. The molecule has 4 nitrogen and oxygen atoms in total. The topological polar surface area (TPSA) is 38.8 Å². The summed E-state index contributed by atoms with van der Waals surface area (Å²) in [6.07, 6.45) is 0.426. The maximum atomic E-state index is 11.0. The molecule has 0 saturated heterocycles. The van der Waals surface area contributed by atoms with Gasteiger partial charge in [-0.25, -0.2) is 0 Å². The number of hydrogen-bond acceptors (Lipinski definition) is 4. The van der Waals surface area contributed by atoms with Crippen LogP contribution < -0.4 is 4.74 Å². The Morgan fingerprint density at radius 2 is 1.94 bits per heavy atom. The Balaban J connectivity index is 2.21. The molecule has 1 rings (SSSR count). The van der Waals surface area contributed by atoms with Gasteiger partial charge < -0.3 is 9.47 Å². The number of benzene rings is 1. The van der Waals surface area contributed by atoms with Gasteiger partial charge in [0.05, 0.1) is 13.5 Å². The Morgan fingerprint density at radius 3 is 2.56 bits per heavy atom. The van der Waals surface area contributed by atoms with Crippen molar-refractivity contribution >= 4 is 5.97 Å². The van der Waals surface area contributed by atoms with E-state index in [0.29, 0.717) is 19.6 Å². The molecule has 0 bridgehead atoms. The monoisotopic (exact) mass is 251 g/mol. The van der Waals surface area contributed by atoms with E-state index in [4.69, 9.17) is 4.74 Å².